The Morgan fingerprint density at radius 1 is 1.35 bits per heavy atom. The van der Waals surface area contributed by atoms with E-state index in [9.17, 15) is 9.90 Å². The van der Waals surface area contributed by atoms with Gasteiger partial charge in [0.15, 0.2) is 0 Å². The standard InChI is InChI=1S/C18H36N2O3/c1-6-8-9-20-12-14(11-16(21)7-2)10-15(13-20)19-17(22)23-18(3,4)5/h14-16,21H,6-13H2,1-5H3,(H,19,22). The number of alkyl carbamates (subject to hydrolysis) is 1. The van der Waals surface area contributed by atoms with Crippen LogP contribution in [0, 0.1) is 5.92 Å². The largest absolute Gasteiger partial charge is 0.444 e. The molecule has 5 nitrogen and oxygen atoms in total. The van der Waals surface area contributed by atoms with Gasteiger partial charge in [-0.15, -0.1) is 0 Å². The van der Waals surface area contributed by atoms with Crippen LogP contribution in [-0.4, -0.2) is 53.5 Å². The lowest BCUT2D eigenvalue weighted by Gasteiger charge is -2.39. The van der Waals surface area contributed by atoms with Crippen LogP contribution < -0.4 is 5.32 Å². The first-order chi connectivity index (χ1) is 10.7. The highest BCUT2D eigenvalue weighted by Crippen LogP contribution is 2.23. The molecule has 0 aromatic carbocycles. The van der Waals surface area contributed by atoms with E-state index in [4.69, 9.17) is 4.74 Å². The molecule has 1 saturated heterocycles. The Labute approximate surface area is 141 Å². The number of ether oxygens (including phenoxy) is 1. The fraction of sp³-hybridized carbons (Fsp3) is 0.944. The summed E-state index contributed by atoms with van der Waals surface area (Å²) in [4.78, 5) is 14.5. The van der Waals surface area contributed by atoms with Crippen molar-refractivity contribution >= 4 is 6.09 Å². The lowest BCUT2D eigenvalue weighted by molar-refractivity contribution is 0.0416. The van der Waals surface area contributed by atoms with Crippen molar-refractivity contribution in [2.45, 2.75) is 84.5 Å². The van der Waals surface area contributed by atoms with E-state index in [1.54, 1.807) is 0 Å². The van der Waals surface area contributed by atoms with Gasteiger partial charge in [-0.05, 0) is 58.9 Å². The van der Waals surface area contributed by atoms with Crippen LogP contribution in [0.25, 0.3) is 0 Å². The highest BCUT2D eigenvalue weighted by Gasteiger charge is 2.30. The quantitative estimate of drug-likeness (QED) is 0.753. The summed E-state index contributed by atoms with van der Waals surface area (Å²) >= 11 is 0. The van der Waals surface area contributed by atoms with Crippen molar-refractivity contribution in [2.24, 2.45) is 5.92 Å². The fourth-order valence-corrected chi connectivity index (χ4v) is 3.17. The first-order valence-corrected chi connectivity index (χ1v) is 9.13. The van der Waals surface area contributed by atoms with Crippen LogP contribution in [0.3, 0.4) is 0 Å². The predicted molar refractivity (Wildman–Crippen MR) is 93.5 cm³/mol. The monoisotopic (exact) mass is 328 g/mol. The van der Waals surface area contributed by atoms with Gasteiger partial charge in [-0.3, -0.25) is 0 Å². The van der Waals surface area contributed by atoms with Crippen LogP contribution in [0.4, 0.5) is 4.79 Å². The van der Waals surface area contributed by atoms with Crippen LogP contribution in [0.2, 0.25) is 0 Å². The zero-order valence-electron chi connectivity index (χ0n) is 15.6. The summed E-state index contributed by atoms with van der Waals surface area (Å²) in [5, 5.41) is 13.0. The van der Waals surface area contributed by atoms with E-state index in [1.165, 1.54) is 12.8 Å². The molecule has 0 aromatic rings. The Balaban J connectivity index is 2.59. The smallest absolute Gasteiger partial charge is 0.407 e. The molecule has 1 aliphatic rings. The minimum atomic E-state index is -0.474. The van der Waals surface area contributed by atoms with Crippen LogP contribution in [0.15, 0.2) is 0 Å². The average molecular weight is 328 g/mol. The van der Waals surface area contributed by atoms with Gasteiger partial charge in [0, 0.05) is 19.1 Å². The normalized spacial score (nSPS) is 24.3. The molecule has 3 unspecified atom stereocenters. The minimum absolute atomic E-state index is 0.101. The molecule has 1 fully saturated rings. The summed E-state index contributed by atoms with van der Waals surface area (Å²) in [6.45, 7) is 12.8. The second-order valence-corrected chi connectivity index (χ2v) is 7.86. The maximum absolute atomic E-state index is 12.0. The fourth-order valence-electron chi connectivity index (χ4n) is 3.17. The van der Waals surface area contributed by atoms with E-state index in [0.29, 0.717) is 5.92 Å². The van der Waals surface area contributed by atoms with Crippen LogP contribution in [0.5, 0.6) is 0 Å². The molecule has 0 spiro atoms. The van der Waals surface area contributed by atoms with Crippen LogP contribution >= 0.6 is 0 Å². The van der Waals surface area contributed by atoms with E-state index in [0.717, 1.165) is 38.9 Å². The summed E-state index contributed by atoms with van der Waals surface area (Å²) < 4.78 is 5.38. The maximum atomic E-state index is 12.0. The molecule has 136 valence electrons. The van der Waals surface area contributed by atoms with Crippen molar-refractivity contribution in [3.8, 4) is 0 Å². The summed E-state index contributed by atoms with van der Waals surface area (Å²) in [6.07, 6.45) is 4.27. The number of piperidine rings is 1. The maximum Gasteiger partial charge on any atom is 0.407 e. The van der Waals surface area contributed by atoms with Gasteiger partial charge in [-0.2, -0.15) is 0 Å². The van der Waals surface area contributed by atoms with Crippen molar-refractivity contribution in [2.75, 3.05) is 19.6 Å². The highest BCUT2D eigenvalue weighted by atomic mass is 16.6. The number of nitrogens with one attached hydrogen (secondary N) is 1. The second-order valence-electron chi connectivity index (χ2n) is 7.86. The number of hydrogen-bond donors (Lipinski definition) is 2. The van der Waals surface area contributed by atoms with E-state index >= 15 is 0 Å². The second kappa shape index (κ2) is 9.48. The zero-order valence-corrected chi connectivity index (χ0v) is 15.6. The van der Waals surface area contributed by atoms with Crippen LogP contribution in [-0.2, 0) is 4.74 Å². The van der Waals surface area contributed by atoms with Crippen molar-refractivity contribution < 1.29 is 14.6 Å². The number of nitrogens with zero attached hydrogens (tertiary/aromatic N) is 1. The molecule has 0 radical (unpaired) electrons. The number of hydrogen-bond acceptors (Lipinski definition) is 4. The van der Waals surface area contributed by atoms with Gasteiger partial charge in [0.1, 0.15) is 5.60 Å². The first-order valence-electron chi connectivity index (χ1n) is 9.13. The van der Waals surface area contributed by atoms with E-state index in [1.807, 2.05) is 27.7 Å². The SMILES string of the molecule is CCCCN1CC(CC(O)CC)CC(NC(=O)OC(C)(C)C)C1. The number of rotatable bonds is 7. The molecule has 1 aliphatic heterocycles. The molecule has 0 bridgehead atoms. The number of aliphatic hydroxyl groups excluding tert-OH is 1. The third-order valence-corrected chi connectivity index (χ3v) is 4.24. The molecule has 1 rings (SSSR count). The van der Waals surface area contributed by atoms with Crippen molar-refractivity contribution in [1.82, 2.24) is 10.2 Å². The lowest BCUT2D eigenvalue weighted by Crippen LogP contribution is -2.52. The Morgan fingerprint density at radius 2 is 2.04 bits per heavy atom. The van der Waals surface area contributed by atoms with E-state index < -0.39 is 5.60 Å². The number of amides is 1. The third kappa shape index (κ3) is 8.56. The molecule has 2 N–H and O–H groups in total. The molecule has 0 aromatic heterocycles. The molecule has 5 heteroatoms. The predicted octanol–water partition coefficient (Wildman–Crippen LogP) is 3.16. The summed E-state index contributed by atoms with van der Waals surface area (Å²) in [7, 11) is 0. The van der Waals surface area contributed by atoms with Gasteiger partial charge >= 0.3 is 6.09 Å². The average Bonchev–Trinajstić information content (AvgIpc) is 2.42. The Kier molecular flexibility index (Phi) is 8.34. The lowest BCUT2D eigenvalue weighted by atomic mass is 9.89. The number of aliphatic hydroxyl groups is 1. The molecule has 1 amide bonds. The van der Waals surface area contributed by atoms with Gasteiger partial charge in [0.2, 0.25) is 0 Å². The van der Waals surface area contributed by atoms with Gasteiger partial charge in [0.05, 0.1) is 6.10 Å². The summed E-state index contributed by atoms with van der Waals surface area (Å²) in [6, 6.07) is 0.101. The minimum Gasteiger partial charge on any atom is -0.444 e. The van der Waals surface area contributed by atoms with Crippen molar-refractivity contribution in [3.63, 3.8) is 0 Å². The topological polar surface area (TPSA) is 61.8 Å². The molecule has 0 aliphatic carbocycles. The highest BCUT2D eigenvalue weighted by molar-refractivity contribution is 5.68. The Hall–Kier alpha value is -0.810. The van der Waals surface area contributed by atoms with Crippen molar-refractivity contribution in [1.29, 1.82) is 0 Å². The van der Waals surface area contributed by atoms with Gasteiger partial charge in [-0.25, -0.2) is 4.79 Å². The summed E-state index contributed by atoms with van der Waals surface area (Å²) in [5.41, 5.74) is -0.474. The van der Waals surface area contributed by atoms with Gasteiger partial charge < -0.3 is 20.1 Å². The molecular formula is C18H36N2O3. The van der Waals surface area contributed by atoms with E-state index in [-0.39, 0.29) is 18.2 Å². The molecular weight excluding hydrogens is 292 g/mol. The number of unbranched alkanes of at least 4 members (excludes halogenated alkanes) is 1. The Bertz CT molecular complexity index is 355. The van der Waals surface area contributed by atoms with Gasteiger partial charge in [-0.1, -0.05) is 20.3 Å². The van der Waals surface area contributed by atoms with Crippen LogP contribution in [0.1, 0.15) is 66.7 Å². The van der Waals surface area contributed by atoms with E-state index in [2.05, 4.69) is 17.1 Å². The summed E-state index contributed by atoms with van der Waals surface area (Å²) in [5.74, 6) is 0.426. The number of likely N-dealkylation sites (tertiary alicyclic amines) is 1. The van der Waals surface area contributed by atoms with Gasteiger partial charge in [0.25, 0.3) is 0 Å². The number of carbonyl (C=O) groups is 1. The third-order valence-electron chi connectivity index (χ3n) is 4.24. The molecule has 3 atom stereocenters. The Morgan fingerprint density at radius 3 is 2.61 bits per heavy atom. The molecule has 23 heavy (non-hydrogen) atoms. The number of carbonyl (C=O) groups excluding carboxylic acids is 1. The molecule has 1 heterocycles. The first kappa shape index (κ1) is 20.2. The van der Waals surface area contributed by atoms with Crippen molar-refractivity contribution in [3.05, 3.63) is 0 Å². The zero-order chi connectivity index (χ0) is 17.5. The molecule has 0 saturated carbocycles.